The van der Waals surface area contributed by atoms with E-state index in [1.165, 1.54) is 16.2 Å². The smallest absolute Gasteiger partial charge is 0.418 e. The zero-order chi connectivity index (χ0) is 16.2. The summed E-state index contributed by atoms with van der Waals surface area (Å²) in [5, 5.41) is 0.861. The Kier molecular flexibility index (Phi) is 5.56. The summed E-state index contributed by atoms with van der Waals surface area (Å²) in [4.78, 5) is 2.99. The average Bonchev–Trinajstić information content (AvgIpc) is 3.16. The van der Waals surface area contributed by atoms with Crippen molar-refractivity contribution < 1.29 is 17.3 Å². The van der Waals surface area contributed by atoms with Gasteiger partial charge in [-0.05, 0) is 24.3 Å². The van der Waals surface area contributed by atoms with Crippen molar-refractivity contribution >= 4 is 18.1 Å². The lowest BCUT2D eigenvalue weighted by Gasteiger charge is -2.07. The summed E-state index contributed by atoms with van der Waals surface area (Å²) in [6.45, 7) is 2.37. The van der Waals surface area contributed by atoms with Crippen LogP contribution >= 0.6 is 0 Å². The number of rotatable bonds is 3. The minimum atomic E-state index is -6.00. The van der Waals surface area contributed by atoms with Crippen LogP contribution in [0.3, 0.4) is 0 Å². The van der Waals surface area contributed by atoms with Crippen molar-refractivity contribution in [3.8, 4) is 0 Å². The van der Waals surface area contributed by atoms with Gasteiger partial charge in [0.1, 0.15) is 5.25 Å². The third kappa shape index (κ3) is 5.41. The summed E-state index contributed by atoms with van der Waals surface area (Å²) >= 11 is 0. The fourth-order valence-electron chi connectivity index (χ4n) is 2.24. The molecule has 0 bridgehead atoms. The zero-order valence-electron chi connectivity index (χ0n) is 12.1. The Labute approximate surface area is 131 Å². The molecule has 6 heteroatoms. The molecule has 0 amide bonds. The maximum absolute atomic E-state index is 9.75. The van der Waals surface area contributed by atoms with Crippen LogP contribution in [0, 0.1) is 5.92 Å². The molecule has 22 heavy (non-hydrogen) atoms. The van der Waals surface area contributed by atoms with Gasteiger partial charge in [0, 0.05) is 12.3 Å². The summed E-state index contributed by atoms with van der Waals surface area (Å²) < 4.78 is 39.0. The van der Waals surface area contributed by atoms with Gasteiger partial charge < -0.3 is 17.3 Å². The monoisotopic (exact) mass is 328 g/mol. The molecule has 2 unspecified atom stereocenters. The standard InChI is InChI=1S/C16H17S.BF4/c1-13-12-16(13)17(14-8-4-2-5-9-14)15-10-6-3-7-11-15;2-1(3,4)5/h2-11,13,16H,12H2,1H3;/q+1;-1. The van der Waals surface area contributed by atoms with Gasteiger partial charge in [-0.1, -0.05) is 43.3 Å². The molecule has 0 aromatic heterocycles. The second-order valence-corrected chi connectivity index (χ2v) is 7.43. The molecule has 0 N–H and O–H groups in total. The third-order valence-electron chi connectivity index (χ3n) is 3.33. The van der Waals surface area contributed by atoms with Crippen molar-refractivity contribution in [1.82, 2.24) is 0 Å². The fraction of sp³-hybridized carbons (Fsp3) is 0.250. The molecule has 0 nitrogen and oxygen atoms in total. The number of halogens is 4. The van der Waals surface area contributed by atoms with Crippen LogP contribution in [-0.4, -0.2) is 12.5 Å². The first-order valence-corrected chi connectivity index (χ1v) is 8.35. The molecule has 118 valence electrons. The minimum Gasteiger partial charge on any atom is -0.418 e. The summed E-state index contributed by atoms with van der Waals surface area (Å²) in [7, 11) is -5.72. The molecule has 0 radical (unpaired) electrons. The average molecular weight is 328 g/mol. The molecule has 2 aromatic rings. The van der Waals surface area contributed by atoms with Gasteiger partial charge in [0.25, 0.3) is 0 Å². The van der Waals surface area contributed by atoms with Crippen molar-refractivity contribution in [2.24, 2.45) is 5.92 Å². The molecule has 1 aliphatic carbocycles. The summed E-state index contributed by atoms with van der Waals surface area (Å²) in [5.74, 6) is 0.888. The van der Waals surface area contributed by atoms with Gasteiger partial charge in [-0.2, -0.15) is 0 Å². The number of hydrogen-bond donors (Lipinski definition) is 0. The van der Waals surface area contributed by atoms with Crippen molar-refractivity contribution in [1.29, 1.82) is 0 Å². The van der Waals surface area contributed by atoms with Crippen molar-refractivity contribution in [3.05, 3.63) is 60.7 Å². The van der Waals surface area contributed by atoms with E-state index in [9.17, 15) is 17.3 Å². The van der Waals surface area contributed by atoms with Crippen LogP contribution in [0.2, 0.25) is 0 Å². The van der Waals surface area contributed by atoms with Crippen LogP contribution < -0.4 is 0 Å². The maximum atomic E-state index is 9.75. The van der Waals surface area contributed by atoms with Crippen LogP contribution in [0.15, 0.2) is 70.5 Å². The number of benzene rings is 2. The summed E-state index contributed by atoms with van der Waals surface area (Å²) in [6, 6.07) is 22.0. The van der Waals surface area contributed by atoms with Gasteiger partial charge in [0.2, 0.25) is 0 Å². The molecule has 2 atom stereocenters. The molecule has 0 aliphatic heterocycles. The molecule has 1 saturated carbocycles. The van der Waals surface area contributed by atoms with Crippen molar-refractivity contribution in [2.75, 3.05) is 0 Å². The van der Waals surface area contributed by atoms with Crippen molar-refractivity contribution in [3.63, 3.8) is 0 Å². The van der Waals surface area contributed by atoms with E-state index in [2.05, 4.69) is 67.6 Å². The second kappa shape index (κ2) is 7.22. The predicted molar refractivity (Wildman–Crippen MR) is 84.5 cm³/mol. The highest BCUT2D eigenvalue weighted by Gasteiger charge is 2.50. The first-order valence-electron chi connectivity index (χ1n) is 7.07. The SMILES string of the molecule is CC1CC1[S+](c1ccccc1)c1ccccc1.F[B-](F)(F)F. The van der Waals surface area contributed by atoms with Gasteiger partial charge in [0.05, 0.1) is 10.9 Å². The highest BCUT2D eigenvalue weighted by molar-refractivity contribution is 7.97. The Hall–Kier alpha value is -1.43. The van der Waals surface area contributed by atoms with Crippen LogP contribution in [0.5, 0.6) is 0 Å². The van der Waals surface area contributed by atoms with Gasteiger partial charge in [0.15, 0.2) is 9.79 Å². The molecule has 2 aromatic carbocycles. The Bertz CT molecular complexity index is 528. The third-order valence-corrected chi connectivity index (χ3v) is 6.16. The van der Waals surface area contributed by atoms with Gasteiger partial charge in [-0.3, -0.25) is 0 Å². The quantitative estimate of drug-likeness (QED) is 0.400. The van der Waals surface area contributed by atoms with E-state index >= 15 is 0 Å². The topological polar surface area (TPSA) is 0 Å². The second-order valence-electron chi connectivity index (χ2n) is 5.21. The van der Waals surface area contributed by atoms with Crippen LogP contribution in [-0.2, 0) is 10.9 Å². The molecule has 0 spiro atoms. The van der Waals surface area contributed by atoms with E-state index in [-0.39, 0.29) is 10.9 Å². The predicted octanol–water partition coefficient (Wildman–Crippen LogP) is 5.43. The van der Waals surface area contributed by atoms with Crippen LogP contribution in [0.25, 0.3) is 0 Å². The molecular formula is C16H17BF4S. The minimum absolute atomic E-state index is 0.278. The van der Waals surface area contributed by atoms with Gasteiger partial charge in [-0.15, -0.1) is 0 Å². The van der Waals surface area contributed by atoms with Gasteiger partial charge >= 0.3 is 7.25 Å². The summed E-state index contributed by atoms with van der Waals surface area (Å²) in [6.07, 6.45) is 1.38. The lowest BCUT2D eigenvalue weighted by atomic mass is 10.3. The zero-order valence-corrected chi connectivity index (χ0v) is 12.9. The molecule has 0 heterocycles. The van der Waals surface area contributed by atoms with E-state index in [1.807, 2.05) is 0 Å². The Morgan fingerprint density at radius 2 is 1.14 bits per heavy atom. The van der Waals surface area contributed by atoms with E-state index in [4.69, 9.17) is 0 Å². The van der Waals surface area contributed by atoms with Crippen LogP contribution in [0.4, 0.5) is 17.3 Å². The Balaban J connectivity index is 0.000000309. The first-order chi connectivity index (χ1) is 10.4. The van der Waals surface area contributed by atoms with Crippen molar-refractivity contribution in [2.45, 2.75) is 28.4 Å². The van der Waals surface area contributed by atoms with E-state index in [0.29, 0.717) is 0 Å². The largest absolute Gasteiger partial charge is 0.673 e. The maximum Gasteiger partial charge on any atom is 0.673 e. The van der Waals surface area contributed by atoms with E-state index in [0.717, 1.165) is 11.2 Å². The highest BCUT2D eigenvalue weighted by Crippen LogP contribution is 2.44. The van der Waals surface area contributed by atoms with E-state index < -0.39 is 7.25 Å². The lowest BCUT2D eigenvalue weighted by Crippen LogP contribution is -2.10. The fourth-order valence-corrected chi connectivity index (χ4v) is 5.07. The van der Waals surface area contributed by atoms with E-state index in [1.54, 1.807) is 0 Å². The van der Waals surface area contributed by atoms with Crippen LogP contribution in [0.1, 0.15) is 13.3 Å². The summed E-state index contributed by atoms with van der Waals surface area (Å²) in [5.41, 5.74) is 0. The Morgan fingerprint density at radius 3 is 1.41 bits per heavy atom. The molecule has 1 fully saturated rings. The lowest BCUT2D eigenvalue weighted by molar-refractivity contribution is 0.368. The molecule has 3 rings (SSSR count). The molecule has 1 aliphatic rings. The van der Waals surface area contributed by atoms with Gasteiger partial charge in [-0.25, -0.2) is 0 Å². The first kappa shape index (κ1) is 16.9. The Morgan fingerprint density at radius 1 is 0.818 bits per heavy atom. The molecular weight excluding hydrogens is 311 g/mol. The normalized spacial score (nSPS) is 20.3. The highest BCUT2D eigenvalue weighted by atomic mass is 32.2. The molecule has 0 saturated heterocycles. The number of hydrogen-bond acceptors (Lipinski definition) is 0.